The molecule has 0 aromatic carbocycles. The summed E-state index contributed by atoms with van der Waals surface area (Å²) in [5, 5.41) is 5.68. The van der Waals surface area contributed by atoms with Gasteiger partial charge in [-0.1, -0.05) is 0 Å². The minimum atomic E-state index is -0.151. The monoisotopic (exact) mass is 202 g/mol. The topological polar surface area (TPSA) is 58.2 Å². The van der Waals surface area contributed by atoms with Crippen molar-refractivity contribution in [2.24, 2.45) is 0 Å². The lowest BCUT2D eigenvalue weighted by atomic mass is 10.2. The highest BCUT2D eigenvalue weighted by Crippen LogP contribution is 2.13. The molecule has 2 N–H and O–H groups in total. The summed E-state index contributed by atoms with van der Waals surface area (Å²) in [5.74, 6) is 0.922. The van der Waals surface area contributed by atoms with E-state index in [9.17, 15) is 9.59 Å². The first-order valence-electron chi connectivity index (χ1n) is 4.29. The normalized spacial score (nSPS) is 22.4. The lowest BCUT2D eigenvalue weighted by molar-refractivity contribution is -0.123. The summed E-state index contributed by atoms with van der Waals surface area (Å²) in [6.45, 7) is 3.27. The first-order chi connectivity index (χ1) is 6.20. The van der Waals surface area contributed by atoms with E-state index in [2.05, 4.69) is 10.6 Å². The van der Waals surface area contributed by atoms with E-state index in [-0.39, 0.29) is 23.5 Å². The van der Waals surface area contributed by atoms with Crippen molar-refractivity contribution in [3.63, 3.8) is 0 Å². The van der Waals surface area contributed by atoms with Crippen molar-refractivity contribution < 1.29 is 9.59 Å². The van der Waals surface area contributed by atoms with Crippen molar-refractivity contribution in [3.05, 3.63) is 0 Å². The van der Waals surface area contributed by atoms with Crippen molar-refractivity contribution in [2.75, 3.05) is 25.4 Å². The van der Waals surface area contributed by atoms with E-state index in [1.807, 2.05) is 0 Å². The fourth-order valence-electron chi connectivity index (χ4n) is 1.10. The first-order valence-corrected chi connectivity index (χ1v) is 5.34. The summed E-state index contributed by atoms with van der Waals surface area (Å²) in [4.78, 5) is 22.0. The Hall–Kier alpha value is -0.550. The van der Waals surface area contributed by atoms with Gasteiger partial charge in [-0.25, -0.2) is 0 Å². The van der Waals surface area contributed by atoms with Crippen molar-refractivity contribution in [2.45, 2.75) is 12.2 Å². The summed E-state index contributed by atoms with van der Waals surface area (Å²) in [7, 11) is 0. The van der Waals surface area contributed by atoms with Crippen molar-refractivity contribution in [1.29, 1.82) is 0 Å². The maximum Gasteiger partial charge on any atom is 0.217 e. The van der Waals surface area contributed by atoms with Gasteiger partial charge in [0.05, 0.1) is 11.8 Å². The molecule has 1 heterocycles. The predicted octanol–water partition coefficient (Wildman–Crippen LogP) is -0.603. The van der Waals surface area contributed by atoms with Crippen LogP contribution in [0.4, 0.5) is 0 Å². The molecular formula is C8H14N2O2S. The van der Waals surface area contributed by atoms with Crippen LogP contribution in [0, 0.1) is 0 Å². The molecule has 0 aliphatic carbocycles. The second kappa shape index (κ2) is 5.24. The van der Waals surface area contributed by atoms with Crippen molar-refractivity contribution in [1.82, 2.24) is 10.6 Å². The molecule has 1 aliphatic heterocycles. The smallest absolute Gasteiger partial charge is 0.217 e. The zero-order valence-electron chi connectivity index (χ0n) is 7.63. The molecule has 74 valence electrons. The summed E-state index contributed by atoms with van der Waals surface area (Å²) in [5.41, 5.74) is 0. The van der Waals surface area contributed by atoms with E-state index in [4.69, 9.17) is 0 Å². The Balaban J connectivity index is 2.25. The fraction of sp³-hybridized carbons (Fsp3) is 0.750. The van der Waals surface area contributed by atoms with Crippen molar-refractivity contribution >= 4 is 23.5 Å². The van der Waals surface area contributed by atoms with Crippen LogP contribution in [0.1, 0.15) is 6.92 Å². The molecule has 1 unspecified atom stereocenters. The Kier molecular flexibility index (Phi) is 4.24. The molecule has 0 aromatic heterocycles. The van der Waals surface area contributed by atoms with Crippen LogP contribution in [0.2, 0.25) is 0 Å². The molecule has 1 saturated heterocycles. The number of amides is 1. The summed E-state index contributed by atoms with van der Waals surface area (Å²) in [6.07, 6.45) is 0. The molecule has 1 amide bonds. The molecule has 0 bridgehead atoms. The van der Waals surface area contributed by atoms with Gasteiger partial charge in [-0.15, -0.1) is 11.8 Å². The molecule has 1 fully saturated rings. The molecule has 0 aromatic rings. The Morgan fingerprint density at radius 1 is 1.62 bits per heavy atom. The number of carbonyl (C=O) groups is 2. The maximum absolute atomic E-state index is 11.4. The number of hydrogen-bond acceptors (Lipinski definition) is 4. The second-order valence-corrected chi connectivity index (χ2v) is 4.25. The van der Waals surface area contributed by atoms with Crippen LogP contribution in [0.25, 0.3) is 0 Å². The number of thioether (sulfide) groups is 1. The zero-order chi connectivity index (χ0) is 9.68. The van der Waals surface area contributed by atoms with Gasteiger partial charge in [-0.05, 0) is 0 Å². The Bertz CT molecular complexity index is 202. The van der Waals surface area contributed by atoms with E-state index in [1.165, 1.54) is 6.92 Å². The molecule has 0 radical (unpaired) electrons. The number of hydrogen-bond donors (Lipinski definition) is 2. The fourth-order valence-corrected chi connectivity index (χ4v) is 2.15. The number of ketones is 1. The van der Waals surface area contributed by atoms with Gasteiger partial charge in [0, 0.05) is 25.8 Å². The van der Waals surface area contributed by atoms with E-state index in [0.29, 0.717) is 0 Å². The largest absolute Gasteiger partial charge is 0.349 e. The van der Waals surface area contributed by atoms with Crippen LogP contribution >= 0.6 is 11.8 Å². The van der Waals surface area contributed by atoms with E-state index < -0.39 is 0 Å². The third-order valence-electron chi connectivity index (χ3n) is 1.80. The van der Waals surface area contributed by atoms with Gasteiger partial charge in [0.1, 0.15) is 0 Å². The minimum Gasteiger partial charge on any atom is -0.349 e. The third kappa shape index (κ3) is 3.78. The summed E-state index contributed by atoms with van der Waals surface area (Å²) in [6, 6.07) is 0. The van der Waals surface area contributed by atoms with Crippen LogP contribution in [-0.4, -0.2) is 42.3 Å². The highest BCUT2D eigenvalue weighted by atomic mass is 32.2. The number of rotatable bonds is 3. The second-order valence-electron chi connectivity index (χ2n) is 2.94. The zero-order valence-corrected chi connectivity index (χ0v) is 8.45. The van der Waals surface area contributed by atoms with Crippen LogP contribution < -0.4 is 10.6 Å². The van der Waals surface area contributed by atoms with Crippen LogP contribution in [0.5, 0.6) is 0 Å². The summed E-state index contributed by atoms with van der Waals surface area (Å²) < 4.78 is 0. The molecule has 0 spiro atoms. The van der Waals surface area contributed by atoms with Crippen LogP contribution in [0.3, 0.4) is 0 Å². The molecule has 1 atom stereocenters. The number of nitrogens with one attached hydrogen (secondary N) is 2. The highest BCUT2D eigenvalue weighted by Gasteiger charge is 2.20. The summed E-state index contributed by atoms with van der Waals surface area (Å²) >= 11 is 1.66. The van der Waals surface area contributed by atoms with E-state index in [0.717, 1.165) is 18.8 Å². The molecule has 4 nitrogen and oxygen atoms in total. The lowest BCUT2D eigenvalue weighted by Gasteiger charge is -2.20. The molecule has 1 aliphatic rings. The molecule has 5 heteroatoms. The Morgan fingerprint density at radius 3 is 2.92 bits per heavy atom. The lowest BCUT2D eigenvalue weighted by Crippen LogP contribution is -2.41. The predicted molar refractivity (Wildman–Crippen MR) is 52.8 cm³/mol. The SMILES string of the molecule is CC(=O)NCC(=O)C1CNCCS1. The third-order valence-corrected chi connectivity index (χ3v) is 3.07. The van der Waals surface area contributed by atoms with Gasteiger partial charge in [0.25, 0.3) is 0 Å². The van der Waals surface area contributed by atoms with E-state index in [1.54, 1.807) is 11.8 Å². The molecule has 13 heavy (non-hydrogen) atoms. The molecule has 0 saturated carbocycles. The Morgan fingerprint density at radius 2 is 2.38 bits per heavy atom. The van der Waals surface area contributed by atoms with Gasteiger partial charge >= 0.3 is 0 Å². The average Bonchev–Trinajstić information content (AvgIpc) is 2.15. The molecular weight excluding hydrogens is 188 g/mol. The van der Waals surface area contributed by atoms with Gasteiger partial charge in [-0.3, -0.25) is 9.59 Å². The van der Waals surface area contributed by atoms with Crippen LogP contribution in [0.15, 0.2) is 0 Å². The number of carbonyl (C=O) groups excluding carboxylic acids is 2. The van der Waals surface area contributed by atoms with Gasteiger partial charge < -0.3 is 10.6 Å². The highest BCUT2D eigenvalue weighted by molar-refractivity contribution is 8.00. The average molecular weight is 202 g/mol. The molecule has 1 rings (SSSR count). The number of Topliss-reactive ketones (excluding diaryl/α,β-unsaturated/α-hetero) is 1. The van der Waals surface area contributed by atoms with Gasteiger partial charge in [0.15, 0.2) is 5.78 Å². The Labute approximate surface area is 81.8 Å². The minimum absolute atomic E-state index is 0.0144. The van der Waals surface area contributed by atoms with Crippen LogP contribution in [-0.2, 0) is 9.59 Å². The first kappa shape index (κ1) is 10.5. The van der Waals surface area contributed by atoms with Crippen molar-refractivity contribution in [3.8, 4) is 0 Å². The maximum atomic E-state index is 11.4. The quantitative estimate of drug-likeness (QED) is 0.641. The van der Waals surface area contributed by atoms with Gasteiger partial charge in [-0.2, -0.15) is 0 Å². The van der Waals surface area contributed by atoms with E-state index >= 15 is 0 Å². The standard InChI is InChI=1S/C8H14N2O2S/c1-6(11)10-4-7(12)8-5-9-2-3-13-8/h8-9H,2-5H2,1H3,(H,10,11). The van der Waals surface area contributed by atoms with Gasteiger partial charge in [0.2, 0.25) is 5.91 Å².